The van der Waals surface area contributed by atoms with E-state index in [-0.39, 0.29) is 11.9 Å². The highest BCUT2D eigenvalue weighted by Gasteiger charge is 2.17. The van der Waals surface area contributed by atoms with Crippen molar-refractivity contribution < 1.29 is 29.7 Å². The predicted molar refractivity (Wildman–Crippen MR) is 119 cm³/mol. The lowest BCUT2D eigenvalue weighted by Gasteiger charge is -2.11. The van der Waals surface area contributed by atoms with Gasteiger partial charge in [0, 0.05) is 6.54 Å². The zero-order chi connectivity index (χ0) is 25.0. The van der Waals surface area contributed by atoms with E-state index in [4.69, 9.17) is 49.7 Å². The highest BCUT2D eigenvalue weighted by Crippen LogP contribution is 2.04. The second-order valence-electron chi connectivity index (χ2n) is 6.87. The van der Waals surface area contributed by atoms with Gasteiger partial charge in [0.1, 0.15) is 18.1 Å². The Labute approximate surface area is 183 Å². The van der Waals surface area contributed by atoms with Crippen molar-refractivity contribution in [3.05, 3.63) is 0 Å². The Morgan fingerprint density at radius 2 is 1.29 bits per heavy atom. The number of nitrogens with zero attached hydrogens (tertiary/aromatic N) is 1. The van der Waals surface area contributed by atoms with Crippen LogP contribution in [0.25, 0.3) is 0 Å². The van der Waals surface area contributed by atoms with Crippen LogP contribution in [-0.2, 0) is 14.4 Å². The Morgan fingerprint density at radius 3 is 1.58 bits per heavy atom. The van der Waals surface area contributed by atoms with Gasteiger partial charge in [-0.25, -0.2) is 0 Å². The van der Waals surface area contributed by atoms with E-state index >= 15 is 0 Å². The molecule has 0 unspecified atom stereocenters. The summed E-state index contributed by atoms with van der Waals surface area (Å²) in [5.74, 6) is -2.76. The lowest BCUT2D eigenvalue weighted by atomic mass is 10.0. The Bertz CT molecular complexity index is 530. The molecule has 0 radical (unpaired) electrons. The van der Waals surface area contributed by atoms with Gasteiger partial charge in [-0.1, -0.05) is 26.7 Å². The molecule has 0 rings (SSSR count). The second-order valence-corrected chi connectivity index (χ2v) is 6.87. The maximum absolute atomic E-state index is 10.2. The molecule has 0 aromatic rings. The van der Waals surface area contributed by atoms with E-state index in [9.17, 15) is 14.4 Å². The van der Waals surface area contributed by atoms with Crippen LogP contribution in [0.5, 0.6) is 0 Å². The molecule has 0 spiro atoms. The highest BCUT2D eigenvalue weighted by atomic mass is 16.4. The van der Waals surface area contributed by atoms with Crippen LogP contribution in [0.2, 0.25) is 0 Å². The number of nitrogens with two attached hydrogens (primary N) is 6. The minimum absolute atomic E-state index is 0.0129. The molecule has 4 atom stereocenters. The number of aliphatic imine (C=N–C) groups is 1. The first-order valence-electron chi connectivity index (χ1n) is 10.0. The predicted octanol–water partition coefficient (Wildman–Crippen LogP) is -1.58. The van der Waals surface area contributed by atoms with Crippen LogP contribution in [0.15, 0.2) is 4.99 Å². The summed E-state index contributed by atoms with van der Waals surface area (Å²) in [5, 5.41) is 25.1. The van der Waals surface area contributed by atoms with Crippen molar-refractivity contribution in [1.82, 2.24) is 0 Å². The molecule has 15 N–H and O–H groups in total. The fourth-order valence-corrected chi connectivity index (χ4v) is 1.77. The lowest BCUT2D eigenvalue weighted by Crippen LogP contribution is -2.36. The van der Waals surface area contributed by atoms with Gasteiger partial charge in [-0.15, -0.1) is 0 Å². The average molecular weight is 452 g/mol. The SMILES string of the molecule is CC[C@H](C)[C@H](N)C(=O)O.NC(N)=NCCC[C@H](N)C(=O)O.NCCCC[C@H](N)C(=O)O. The van der Waals surface area contributed by atoms with Crippen molar-refractivity contribution in [2.24, 2.45) is 45.3 Å². The Kier molecular flexibility index (Phi) is 22.2. The molecule has 13 nitrogen and oxygen atoms in total. The van der Waals surface area contributed by atoms with E-state index in [1.807, 2.05) is 13.8 Å². The number of hydrogen-bond donors (Lipinski definition) is 9. The number of carboxylic acids is 3. The zero-order valence-electron chi connectivity index (χ0n) is 18.4. The van der Waals surface area contributed by atoms with Crippen LogP contribution in [0.4, 0.5) is 0 Å². The summed E-state index contributed by atoms with van der Waals surface area (Å²) in [6, 6.07) is -2.24. The summed E-state index contributed by atoms with van der Waals surface area (Å²) in [4.78, 5) is 34.2. The third-order valence-electron chi connectivity index (χ3n) is 4.11. The molecule has 0 aromatic carbocycles. The standard InChI is InChI=1S/C6H14N4O2.C6H14N2O2.C6H13NO2/c7-4(5(11)12)2-1-3-10-6(8)9;7-4-2-1-3-5(8)6(9)10;1-3-4(2)5(7)6(8)9/h4H,1-3,7H2,(H,11,12)(H4,8,9,10);5H,1-4,7-8H2,(H,9,10);4-5H,3,7H2,1-2H3,(H,8,9)/t4-;5-;4-,5-/m000/s1. The maximum Gasteiger partial charge on any atom is 0.320 e. The summed E-state index contributed by atoms with van der Waals surface area (Å²) in [5.41, 5.74) is 31.0. The molecule has 0 aliphatic carbocycles. The van der Waals surface area contributed by atoms with E-state index in [0.29, 0.717) is 32.4 Å². The van der Waals surface area contributed by atoms with E-state index in [1.165, 1.54) is 0 Å². The second kappa shape index (κ2) is 20.8. The molecule has 0 amide bonds. The van der Waals surface area contributed by atoms with Crippen molar-refractivity contribution in [3.63, 3.8) is 0 Å². The third-order valence-corrected chi connectivity index (χ3v) is 4.11. The largest absolute Gasteiger partial charge is 0.480 e. The van der Waals surface area contributed by atoms with Crippen LogP contribution < -0.4 is 34.4 Å². The van der Waals surface area contributed by atoms with Gasteiger partial charge in [0.25, 0.3) is 0 Å². The summed E-state index contributed by atoms with van der Waals surface area (Å²) < 4.78 is 0. The van der Waals surface area contributed by atoms with Gasteiger partial charge < -0.3 is 49.7 Å². The molecule has 0 saturated heterocycles. The molecular formula is C18H41N7O6. The molecule has 0 saturated carbocycles. The Hall–Kier alpha value is -2.48. The molecule has 13 heteroatoms. The van der Waals surface area contributed by atoms with Crippen molar-refractivity contribution in [2.75, 3.05) is 13.1 Å². The average Bonchev–Trinajstić information content (AvgIpc) is 2.70. The first-order valence-corrected chi connectivity index (χ1v) is 10.0. The smallest absolute Gasteiger partial charge is 0.320 e. The van der Waals surface area contributed by atoms with E-state index in [2.05, 4.69) is 4.99 Å². The van der Waals surface area contributed by atoms with Gasteiger partial charge in [-0.3, -0.25) is 19.4 Å². The number of carbonyl (C=O) groups is 3. The highest BCUT2D eigenvalue weighted by molar-refractivity contribution is 5.75. The molecule has 31 heavy (non-hydrogen) atoms. The van der Waals surface area contributed by atoms with Crippen LogP contribution >= 0.6 is 0 Å². The van der Waals surface area contributed by atoms with Gasteiger partial charge in [0.2, 0.25) is 0 Å². The van der Waals surface area contributed by atoms with Gasteiger partial charge in [-0.2, -0.15) is 0 Å². The molecule has 0 aromatic heterocycles. The molecule has 0 aliphatic rings. The monoisotopic (exact) mass is 451 g/mol. The number of unbranched alkanes of at least 4 members (excludes halogenated alkanes) is 1. The van der Waals surface area contributed by atoms with Crippen LogP contribution in [0.1, 0.15) is 52.4 Å². The van der Waals surface area contributed by atoms with Crippen molar-refractivity contribution in [2.45, 2.75) is 70.5 Å². The number of carboxylic acid groups (broad SMARTS) is 3. The van der Waals surface area contributed by atoms with Crippen molar-refractivity contribution in [1.29, 1.82) is 0 Å². The Balaban J connectivity index is -0.000000384. The molecule has 0 heterocycles. The lowest BCUT2D eigenvalue weighted by molar-refractivity contribution is -0.140. The summed E-state index contributed by atoms with van der Waals surface area (Å²) in [6.07, 6.45) is 3.93. The normalized spacial score (nSPS) is 13.7. The topological polar surface area (TPSA) is 280 Å². The number of rotatable bonds is 13. The van der Waals surface area contributed by atoms with Gasteiger partial charge >= 0.3 is 17.9 Å². The summed E-state index contributed by atoms with van der Waals surface area (Å²) in [6.45, 7) is 4.78. The van der Waals surface area contributed by atoms with E-state index in [1.54, 1.807) is 0 Å². The minimum atomic E-state index is -1.00. The van der Waals surface area contributed by atoms with Crippen molar-refractivity contribution >= 4 is 23.9 Å². The first kappa shape index (κ1) is 33.2. The number of guanidine groups is 1. The van der Waals surface area contributed by atoms with E-state index < -0.39 is 36.0 Å². The van der Waals surface area contributed by atoms with Crippen LogP contribution in [0.3, 0.4) is 0 Å². The maximum atomic E-state index is 10.2. The first-order chi connectivity index (χ1) is 14.3. The third kappa shape index (κ3) is 23.7. The van der Waals surface area contributed by atoms with Crippen LogP contribution in [-0.4, -0.2) is 70.4 Å². The minimum Gasteiger partial charge on any atom is -0.480 e. The fourth-order valence-electron chi connectivity index (χ4n) is 1.77. The summed E-state index contributed by atoms with van der Waals surface area (Å²) in [7, 11) is 0. The van der Waals surface area contributed by atoms with Gasteiger partial charge in [0.15, 0.2) is 5.96 Å². The number of hydrogen-bond acceptors (Lipinski definition) is 8. The molecule has 184 valence electrons. The fraction of sp³-hybridized carbons (Fsp3) is 0.778. The molecule has 0 fully saturated rings. The van der Waals surface area contributed by atoms with Crippen LogP contribution in [0, 0.1) is 5.92 Å². The molecular weight excluding hydrogens is 410 g/mol. The van der Waals surface area contributed by atoms with Gasteiger partial charge in [-0.05, 0) is 38.1 Å². The van der Waals surface area contributed by atoms with E-state index in [0.717, 1.165) is 19.3 Å². The summed E-state index contributed by atoms with van der Waals surface area (Å²) >= 11 is 0. The quantitative estimate of drug-likeness (QED) is 0.0871. The Morgan fingerprint density at radius 1 is 0.839 bits per heavy atom. The van der Waals surface area contributed by atoms with Gasteiger partial charge in [0.05, 0.1) is 0 Å². The molecule has 0 aliphatic heterocycles. The zero-order valence-corrected chi connectivity index (χ0v) is 18.4. The number of aliphatic carboxylic acids is 3. The van der Waals surface area contributed by atoms with Crippen molar-refractivity contribution in [3.8, 4) is 0 Å². The molecule has 0 bridgehead atoms.